The lowest BCUT2D eigenvalue weighted by molar-refractivity contribution is 0.145. The highest BCUT2D eigenvalue weighted by Crippen LogP contribution is 2.28. The Morgan fingerprint density at radius 3 is 1.72 bits per heavy atom. The summed E-state index contributed by atoms with van der Waals surface area (Å²) in [6.07, 6.45) is 1.16. The minimum atomic E-state index is -3.46. The molecule has 148 valence electrons. The van der Waals surface area contributed by atoms with Crippen molar-refractivity contribution in [2.24, 2.45) is 0 Å². The molecule has 0 radical (unpaired) electrons. The van der Waals surface area contributed by atoms with E-state index in [1.807, 2.05) is 66.7 Å². The molecule has 0 unspecified atom stereocenters. The summed E-state index contributed by atoms with van der Waals surface area (Å²) in [7, 11) is -3.46. The Kier molecular flexibility index (Phi) is 6.50. The van der Waals surface area contributed by atoms with Crippen molar-refractivity contribution in [2.75, 3.05) is 12.8 Å². The van der Waals surface area contributed by atoms with E-state index in [9.17, 15) is 13.5 Å². The summed E-state index contributed by atoms with van der Waals surface area (Å²) in [5.74, 6) is 5.81. The quantitative estimate of drug-likeness (QED) is 0.640. The van der Waals surface area contributed by atoms with Gasteiger partial charge in [0.1, 0.15) is 0 Å². The third kappa shape index (κ3) is 5.33. The first-order valence-corrected chi connectivity index (χ1v) is 11.1. The molecule has 3 aromatic carbocycles. The van der Waals surface area contributed by atoms with E-state index >= 15 is 0 Å². The first-order chi connectivity index (χ1) is 13.9. The average Bonchev–Trinajstić information content (AvgIpc) is 2.74. The molecule has 3 rings (SSSR count). The number of hydrogen-bond acceptors (Lipinski definition) is 3. The largest absolute Gasteiger partial charge is 0.369 e. The van der Waals surface area contributed by atoms with Crippen molar-refractivity contribution in [1.82, 2.24) is 4.31 Å². The van der Waals surface area contributed by atoms with Crippen LogP contribution in [-0.4, -0.2) is 30.6 Å². The highest BCUT2D eigenvalue weighted by molar-refractivity contribution is 7.88. The monoisotopic (exact) mass is 405 g/mol. The number of rotatable bonds is 6. The average molecular weight is 406 g/mol. The Balaban J connectivity index is 1.92. The van der Waals surface area contributed by atoms with Gasteiger partial charge in [-0.05, 0) is 5.56 Å². The maximum absolute atomic E-state index is 12.2. The van der Waals surface area contributed by atoms with E-state index in [1.165, 1.54) is 4.31 Å². The predicted octanol–water partition coefficient (Wildman–Crippen LogP) is 3.39. The van der Waals surface area contributed by atoms with Crippen LogP contribution in [0.3, 0.4) is 0 Å². The van der Waals surface area contributed by atoms with Crippen LogP contribution in [0.2, 0.25) is 0 Å². The number of hydrogen-bond donors (Lipinski definition) is 1. The van der Waals surface area contributed by atoms with Gasteiger partial charge in [-0.3, -0.25) is 0 Å². The van der Waals surface area contributed by atoms with Gasteiger partial charge in [0.05, 0.1) is 12.8 Å². The van der Waals surface area contributed by atoms with Gasteiger partial charge in [-0.25, -0.2) is 8.42 Å². The van der Waals surface area contributed by atoms with Crippen molar-refractivity contribution in [3.05, 3.63) is 108 Å². The Labute approximate surface area is 172 Å². The first kappa shape index (κ1) is 20.8. The maximum Gasteiger partial charge on any atom is 0.212 e. The standard InChI is InChI=1S/C24H23NO3S/c1-29(27,28)25(20-21-12-5-2-6-13-21)19-11-18-24(26,22-14-7-3-8-15-22)23-16-9-4-10-17-23/h2-10,12-17,26H,19-20H2,1H3. The smallest absolute Gasteiger partial charge is 0.212 e. The topological polar surface area (TPSA) is 57.6 Å². The van der Waals surface area contributed by atoms with E-state index in [-0.39, 0.29) is 13.1 Å². The van der Waals surface area contributed by atoms with Crippen molar-refractivity contribution >= 4 is 10.0 Å². The van der Waals surface area contributed by atoms with Crippen LogP contribution in [0, 0.1) is 11.8 Å². The van der Waals surface area contributed by atoms with Crippen LogP contribution >= 0.6 is 0 Å². The summed E-state index contributed by atoms with van der Waals surface area (Å²) >= 11 is 0. The van der Waals surface area contributed by atoms with E-state index in [0.717, 1.165) is 11.8 Å². The van der Waals surface area contributed by atoms with Gasteiger partial charge in [-0.2, -0.15) is 4.31 Å². The molecule has 0 heterocycles. The normalized spacial score (nSPS) is 11.7. The fourth-order valence-electron chi connectivity index (χ4n) is 3.00. The van der Waals surface area contributed by atoms with Gasteiger partial charge in [0.2, 0.25) is 10.0 Å². The SMILES string of the molecule is CS(=O)(=O)N(CC#CC(O)(c1ccccc1)c1ccccc1)Cc1ccccc1. The van der Waals surface area contributed by atoms with Crippen LogP contribution in [0.25, 0.3) is 0 Å². The second kappa shape index (κ2) is 9.06. The van der Waals surface area contributed by atoms with Gasteiger partial charge >= 0.3 is 0 Å². The molecule has 0 aliphatic carbocycles. The zero-order valence-electron chi connectivity index (χ0n) is 16.2. The fourth-order valence-corrected chi connectivity index (χ4v) is 3.69. The number of benzene rings is 3. The van der Waals surface area contributed by atoms with Gasteiger partial charge in [-0.1, -0.05) is 103 Å². The van der Waals surface area contributed by atoms with Crippen LogP contribution in [0.15, 0.2) is 91.0 Å². The third-order valence-electron chi connectivity index (χ3n) is 4.58. The van der Waals surface area contributed by atoms with Crippen molar-refractivity contribution in [1.29, 1.82) is 0 Å². The molecule has 0 aliphatic heterocycles. The molecule has 4 nitrogen and oxygen atoms in total. The van der Waals surface area contributed by atoms with Gasteiger partial charge < -0.3 is 5.11 Å². The highest BCUT2D eigenvalue weighted by atomic mass is 32.2. The van der Waals surface area contributed by atoms with E-state index in [2.05, 4.69) is 11.8 Å². The molecule has 1 N–H and O–H groups in total. The predicted molar refractivity (Wildman–Crippen MR) is 115 cm³/mol. The second-order valence-corrected chi connectivity index (χ2v) is 8.74. The molecule has 0 saturated carbocycles. The molecule has 0 aromatic heterocycles. The van der Waals surface area contributed by atoms with Crippen molar-refractivity contribution in [3.8, 4) is 11.8 Å². The first-order valence-electron chi connectivity index (χ1n) is 9.22. The molecule has 3 aromatic rings. The summed E-state index contributed by atoms with van der Waals surface area (Å²) in [6, 6.07) is 27.7. The molecule has 0 fully saturated rings. The van der Waals surface area contributed by atoms with Gasteiger partial charge in [0.25, 0.3) is 0 Å². The Bertz CT molecular complexity index is 1050. The van der Waals surface area contributed by atoms with Crippen LogP contribution in [0.1, 0.15) is 16.7 Å². The van der Waals surface area contributed by atoms with E-state index in [0.29, 0.717) is 11.1 Å². The minimum Gasteiger partial charge on any atom is -0.369 e. The number of aliphatic hydroxyl groups is 1. The van der Waals surface area contributed by atoms with Crippen molar-refractivity contribution < 1.29 is 13.5 Å². The zero-order valence-corrected chi connectivity index (χ0v) is 17.0. The molecule has 0 bridgehead atoms. The lowest BCUT2D eigenvalue weighted by Crippen LogP contribution is -2.31. The summed E-state index contributed by atoms with van der Waals surface area (Å²) in [5, 5.41) is 11.4. The second-order valence-electron chi connectivity index (χ2n) is 6.76. The van der Waals surface area contributed by atoms with E-state index < -0.39 is 15.6 Å². The number of sulfonamides is 1. The number of nitrogens with zero attached hydrogens (tertiary/aromatic N) is 1. The van der Waals surface area contributed by atoms with Crippen LogP contribution in [-0.2, 0) is 22.2 Å². The van der Waals surface area contributed by atoms with Gasteiger partial charge in [0, 0.05) is 17.7 Å². The Hall–Kier alpha value is -2.91. The lowest BCUT2D eigenvalue weighted by Gasteiger charge is -2.24. The van der Waals surface area contributed by atoms with Crippen molar-refractivity contribution in [2.45, 2.75) is 12.1 Å². The molecule has 0 spiro atoms. The summed E-state index contributed by atoms with van der Waals surface area (Å²) in [4.78, 5) is 0. The maximum atomic E-state index is 12.2. The zero-order chi connectivity index (χ0) is 20.7. The summed E-state index contributed by atoms with van der Waals surface area (Å²) < 4.78 is 25.8. The van der Waals surface area contributed by atoms with Crippen LogP contribution in [0.4, 0.5) is 0 Å². The summed E-state index contributed by atoms with van der Waals surface area (Å²) in [6.45, 7) is 0.208. The van der Waals surface area contributed by atoms with Crippen LogP contribution in [0.5, 0.6) is 0 Å². The Morgan fingerprint density at radius 1 is 0.828 bits per heavy atom. The molecular weight excluding hydrogens is 382 g/mol. The van der Waals surface area contributed by atoms with Crippen molar-refractivity contribution in [3.63, 3.8) is 0 Å². The molecular formula is C24H23NO3S. The molecule has 0 aliphatic rings. The molecule has 0 saturated heterocycles. The minimum absolute atomic E-state index is 0.0182. The third-order valence-corrected chi connectivity index (χ3v) is 5.77. The molecule has 0 amide bonds. The molecule has 29 heavy (non-hydrogen) atoms. The van der Waals surface area contributed by atoms with Gasteiger partial charge in [0.15, 0.2) is 5.60 Å². The van der Waals surface area contributed by atoms with Crippen LogP contribution < -0.4 is 0 Å². The highest BCUT2D eigenvalue weighted by Gasteiger charge is 2.29. The Morgan fingerprint density at radius 2 is 1.28 bits per heavy atom. The van der Waals surface area contributed by atoms with E-state index in [1.54, 1.807) is 24.3 Å². The van der Waals surface area contributed by atoms with E-state index in [4.69, 9.17) is 0 Å². The fraction of sp³-hybridized carbons (Fsp3) is 0.167. The molecule has 5 heteroatoms. The lowest BCUT2D eigenvalue weighted by atomic mass is 9.87. The molecule has 0 atom stereocenters. The summed E-state index contributed by atoms with van der Waals surface area (Å²) in [5.41, 5.74) is 0.611. The van der Waals surface area contributed by atoms with Gasteiger partial charge in [-0.15, -0.1) is 0 Å².